The molecule has 0 aromatic carbocycles. The molecule has 13 heavy (non-hydrogen) atoms. The van der Waals surface area contributed by atoms with Gasteiger partial charge in [-0.2, -0.15) is 0 Å². The Kier molecular flexibility index (Phi) is 3.84. The van der Waals surface area contributed by atoms with Crippen LogP contribution in [0, 0.1) is 5.92 Å². The fraction of sp³-hybridized carbons (Fsp3) is 0.889. The Hall–Kier alpha value is -0.450. The monoisotopic (exact) mass is 187 g/mol. The normalized spacial score (nSPS) is 30.4. The summed E-state index contributed by atoms with van der Waals surface area (Å²) in [5, 5.41) is 18.4. The summed E-state index contributed by atoms with van der Waals surface area (Å²) in [6, 6.07) is 0. The van der Waals surface area contributed by atoms with Gasteiger partial charge in [0.15, 0.2) is 0 Å². The molecule has 0 radical (unpaired) electrons. The first kappa shape index (κ1) is 10.6. The molecule has 1 rings (SSSR count). The van der Waals surface area contributed by atoms with E-state index in [-0.39, 0.29) is 18.3 Å². The number of aliphatic hydroxyl groups is 2. The number of rotatable bonds is 3. The smallest absolute Gasteiger partial charge is 0.143 e. The van der Waals surface area contributed by atoms with Crippen LogP contribution < -0.4 is 0 Å². The maximum atomic E-state index is 10.8. The van der Waals surface area contributed by atoms with Gasteiger partial charge in [-0.1, -0.05) is 0 Å². The van der Waals surface area contributed by atoms with Gasteiger partial charge in [0.05, 0.1) is 12.6 Å². The number of Topliss-reactive ketones (excluding diaryl/α,β-unsaturated/α-hetero) is 1. The van der Waals surface area contributed by atoms with Crippen molar-refractivity contribution >= 4 is 5.78 Å². The van der Waals surface area contributed by atoms with Crippen LogP contribution in [-0.4, -0.2) is 53.2 Å². The molecule has 0 bridgehead atoms. The van der Waals surface area contributed by atoms with Crippen LogP contribution in [-0.2, 0) is 4.79 Å². The Balaban J connectivity index is 2.40. The van der Waals surface area contributed by atoms with Crippen molar-refractivity contribution in [1.82, 2.24) is 4.90 Å². The molecule has 1 saturated heterocycles. The number of likely N-dealkylation sites (tertiary alicyclic amines) is 1. The SMILES string of the molecule is CC(=O)CN1CCC(O)C(CO)C1. The molecular formula is C9H17NO3. The molecule has 1 aliphatic heterocycles. The number of hydrogen-bond donors (Lipinski definition) is 2. The van der Waals surface area contributed by atoms with Crippen LogP contribution in [0.1, 0.15) is 13.3 Å². The average molecular weight is 187 g/mol. The lowest BCUT2D eigenvalue weighted by Gasteiger charge is -2.34. The number of carbonyl (C=O) groups excluding carboxylic acids is 1. The van der Waals surface area contributed by atoms with Gasteiger partial charge in [-0.15, -0.1) is 0 Å². The lowest BCUT2D eigenvalue weighted by atomic mass is 9.95. The second-order valence-electron chi connectivity index (χ2n) is 3.74. The minimum Gasteiger partial charge on any atom is -0.396 e. The molecule has 4 nitrogen and oxygen atoms in total. The van der Waals surface area contributed by atoms with Crippen molar-refractivity contribution in [1.29, 1.82) is 0 Å². The Morgan fingerprint density at radius 3 is 2.85 bits per heavy atom. The van der Waals surface area contributed by atoms with E-state index in [4.69, 9.17) is 5.11 Å². The number of carbonyl (C=O) groups is 1. The Labute approximate surface area is 78.2 Å². The molecule has 2 N–H and O–H groups in total. The fourth-order valence-electron chi connectivity index (χ4n) is 1.73. The summed E-state index contributed by atoms with van der Waals surface area (Å²) in [6.45, 7) is 3.35. The standard InChI is InChI=1S/C9H17NO3/c1-7(12)4-10-3-2-9(13)8(5-10)6-11/h8-9,11,13H,2-6H2,1H3. The van der Waals surface area contributed by atoms with E-state index in [1.54, 1.807) is 6.92 Å². The highest BCUT2D eigenvalue weighted by molar-refractivity contribution is 5.77. The molecule has 0 aromatic heterocycles. The number of nitrogens with zero attached hydrogens (tertiary/aromatic N) is 1. The second kappa shape index (κ2) is 4.69. The van der Waals surface area contributed by atoms with Crippen LogP contribution in [0.2, 0.25) is 0 Å². The van der Waals surface area contributed by atoms with Crippen molar-refractivity contribution in [2.24, 2.45) is 5.92 Å². The summed E-state index contributed by atoms with van der Waals surface area (Å²) in [6.07, 6.45) is 0.242. The first-order chi connectivity index (χ1) is 6.13. The van der Waals surface area contributed by atoms with Crippen LogP contribution in [0.15, 0.2) is 0 Å². The van der Waals surface area contributed by atoms with E-state index in [1.165, 1.54) is 0 Å². The zero-order valence-corrected chi connectivity index (χ0v) is 7.94. The zero-order chi connectivity index (χ0) is 9.84. The van der Waals surface area contributed by atoms with Gasteiger partial charge in [0, 0.05) is 25.6 Å². The van der Waals surface area contributed by atoms with Gasteiger partial charge in [0.25, 0.3) is 0 Å². The van der Waals surface area contributed by atoms with E-state index in [2.05, 4.69) is 0 Å². The van der Waals surface area contributed by atoms with Crippen molar-refractivity contribution in [2.45, 2.75) is 19.4 Å². The molecule has 1 fully saturated rings. The van der Waals surface area contributed by atoms with Crippen LogP contribution >= 0.6 is 0 Å². The maximum Gasteiger partial charge on any atom is 0.143 e. The third-order valence-electron chi connectivity index (χ3n) is 2.46. The number of aliphatic hydroxyl groups excluding tert-OH is 2. The Morgan fingerprint density at radius 1 is 1.62 bits per heavy atom. The van der Waals surface area contributed by atoms with Gasteiger partial charge in [-0.05, 0) is 13.3 Å². The topological polar surface area (TPSA) is 60.8 Å². The summed E-state index contributed by atoms with van der Waals surface area (Å²) >= 11 is 0. The fourth-order valence-corrected chi connectivity index (χ4v) is 1.73. The van der Waals surface area contributed by atoms with Gasteiger partial charge in [0.2, 0.25) is 0 Å². The Bertz CT molecular complexity index is 184. The molecule has 0 spiro atoms. The third kappa shape index (κ3) is 3.06. The van der Waals surface area contributed by atoms with Crippen molar-refractivity contribution < 1.29 is 15.0 Å². The summed E-state index contributed by atoms with van der Waals surface area (Å²) in [5.41, 5.74) is 0. The molecule has 0 saturated carbocycles. The molecule has 4 heteroatoms. The molecule has 2 unspecified atom stereocenters. The van der Waals surface area contributed by atoms with Gasteiger partial charge in [-0.3, -0.25) is 9.69 Å². The predicted molar refractivity (Wildman–Crippen MR) is 48.3 cm³/mol. The van der Waals surface area contributed by atoms with Crippen LogP contribution in [0.4, 0.5) is 0 Å². The van der Waals surface area contributed by atoms with E-state index in [0.717, 1.165) is 6.54 Å². The molecule has 0 amide bonds. The first-order valence-corrected chi connectivity index (χ1v) is 4.64. The lowest BCUT2D eigenvalue weighted by molar-refractivity contribution is -0.119. The predicted octanol–water partition coefficient (Wildman–Crippen LogP) is -0.750. The second-order valence-corrected chi connectivity index (χ2v) is 3.74. The Morgan fingerprint density at radius 2 is 2.31 bits per heavy atom. The van der Waals surface area contributed by atoms with Crippen LogP contribution in [0.25, 0.3) is 0 Å². The zero-order valence-electron chi connectivity index (χ0n) is 7.94. The highest BCUT2D eigenvalue weighted by atomic mass is 16.3. The summed E-state index contributed by atoms with van der Waals surface area (Å²) in [7, 11) is 0. The highest BCUT2D eigenvalue weighted by Crippen LogP contribution is 2.16. The highest BCUT2D eigenvalue weighted by Gasteiger charge is 2.27. The first-order valence-electron chi connectivity index (χ1n) is 4.64. The third-order valence-corrected chi connectivity index (χ3v) is 2.46. The van der Waals surface area contributed by atoms with Gasteiger partial charge in [0.1, 0.15) is 5.78 Å². The quantitative estimate of drug-likeness (QED) is 0.610. The summed E-state index contributed by atoms with van der Waals surface area (Å²) < 4.78 is 0. The average Bonchev–Trinajstić information content (AvgIpc) is 2.07. The lowest BCUT2D eigenvalue weighted by Crippen LogP contribution is -2.46. The molecular weight excluding hydrogens is 170 g/mol. The molecule has 1 aliphatic rings. The number of ketones is 1. The van der Waals surface area contributed by atoms with E-state index in [1.807, 2.05) is 4.90 Å². The van der Waals surface area contributed by atoms with Crippen LogP contribution in [0.5, 0.6) is 0 Å². The van der Waals surface area contributed by atoms with Gasteiger partial charge in [-0.25, -0.2) is 0 Å². The van der Waals surface area contributed by atoms with E-state index >= 15 is 0 Å². The van der Waals surface area contributed by atoms with E-state index in [0.29, 0.717) is 19.5 Å². The van der Waals surface area contributed by atoms with E-state index < -0.39 is 6.10 Å². The van der Waals surface area contributed by atoms with Crippen molar-refractivity contribution in [3.63, 3.8) is 0 Å². The maximum absolute atomic E-state index is 10.8. The van der Waals surface area contributed by atoms with Crippen LogP contribution in [0.3, 0.4) is 0 Å². The number of hydrogen-bond acceptors (Lipinski definition) is 4. The molecule has 1 heterocycles. The molecule has 76 valence electrons. The summed E-state index contributed by atoms with van der Waals surface area (Å²) in [5.74, 6) is 0.0428. The summed E-state index contributed by atoms with van der Waals surface area (Å²) in [4.78, 5) is 12.8. The minimum atomic E-state index is -0.409. The number of piperidine rings is 1. The largest absolute Gasteiger partial charge is 0.396 e. The molecule has 0 aromatic rings. The molecule has 2 atom stereocenters. The van der Waals surface area contributed by atoms with Crippen molar-refractivity contribution in [2.75, 3.05) is 26.2 Å². The van der Waals surface area contributed by atoms with E-state index in [9.17, 15) is 9.90 Å². The minimum absolute atomic E-state index is 0.00439. The van der Waals surface area contributed by atoms with Crippen molar-refractivity contribution in [3.8, 4) is 0 Å². The van der Waals surface area contributed by atoms with Gasteiger partial charge < -0.3 is 10.2 Å². The molecule has 0 aliphatic carbocycles. The van der Waals surface area contributed by atoms with Crippen molar-refractivity contribution in [3.05, 3.63) is 0 Å². The van der Waals surface area contributed by atoms with Gasteiger partial charge >= 0.3 is 0 Å².